The smallest absolute Gasteiger partial charge is 0.298 e. The minimum Gasteiger partial charge on any atom is -0.423 e. The molecule has 6 nitrogen and oxygen atoms in total. The van der Waals surface area contributed by atoms with Crippen molar-refractivity contribution in [1.29, 1.82) is 0 Å². The Morgan fingerprint density at radius 1 is 0.943 bits per heavy atom. The number of halogens is 1. The van der Waals surface area contributed by atoms with Crippen LogP contribution in [0.5, 0.6) is 0 Å². The van der Waals surface area contributed by atoms with Gasteiger partial charge in [0.05, 0.1) is 0 Å². The molecule has 0 saturated carbocycles. The lowest BCUT2D eigenvalue weighted by Gasteiger charge is -2.20. The lowest BCUT2D eigenvalue weighted by Crippen LogP contribution is -2.28. The molecule has 4 rings (SSSR count). The maximum atomic E-state index is 13.2. The van der Waals surface area contributed by atoms with Gasteiger partial charge in [-0.25, -0.2) is 4.39 Å². The molecule has 1 aromatic heterocycles. The Morgan fingerprint density at radius 2 is 1.60 bits per heavy atom. The highest BCUT2D eigenvalue weighted by molar-refractivity contribution is 6.05. The summed E-state index contributed by atoms with van der Waals surface area (Å²) in [4.78, 5) is 21.8. The van der Waals surface area contributed by atoms with Gasteiger partial charge in [0.15, 0.2) is 5.58 Å². The molecule has 1 heterocycles. The molecule has 0 spiro atoms. The molecule has 182 valence electrons. The molecule has 1 N–H and O–H groups in total. The van der Waals surface area contributed by atoms with E-state index < -0.39 is 0 Å². The van der Waals surface area contributed by atoms with Crippen molar-refractivity contribution in [3.63, 3.8) is 0 Å². The number of benzene rings is 3. The van der Waals surface area contributed by atoms with E-state index in [1.165, 1.54) is 12.1 Å². The van der Waals surface area contributed by atoms with Gasteiger partial charge in [0.1, 0.15) is 11.3 Å². The van der Waals surface area contributed by atoms with Gasteiger partial charge in [0.2, 0.25) is 0 Å². The van der Waals surface area contributed by atoms with Gasteiger partial charge in [0, 0.05) is 24.8 Å². The summed E-state index contributed by atoms with van der Waals surface area (Å²) in [6.45, 7) is 8.34. The number of fused-ring (bicyclic) bond motifs is 1. The monoisotopic (exact) mass is 474 g/mol. The van der Waals surface area contributed by atoms with Gasteiger partial charge in [-0.15, -0.1) is 0 Å². The molecule has 0 saturated heterocycles. The van der Waals surface area contributed by atoms with E-state index in [-0.39, 0.29) is 11.7 Å². The quantitative estimate of drug-likeness (QED) is 0.303. The second-order valence-corrected chi connectivity index (χ2v) is 8.52. The van der Waals surface area contributed by atoms with Gasteiger partial charge in [-0.05, 0) is 79.6 Å². The van der Waals surface area contributed by atoms with Crippen LogP contribution in [0.25, 0.3) is 22.2 Å². The Labute approximate surface area is 205 Å². The van der Waals surface area contributed by atoms with E-state index in [0.717, 1.165) is 43.7 Å². The first kappa shape index (κ1) is 24.4. The molecule has 1 amide bonds. The zero-order chi connectivity index (χ0) is 24.8. The van der Waals surface area contributed by atoms with E-state index >= 15 is 0 Å². The van der Waals surface area contributed by atoms with Crippen LogP contribution in [0.4, 0.5) is 16.1 Å². The Morgan fingerprint density at radius 3 is 2.26 bits per heavy atom. The van der Waals surface area contributed by atoms with E-state index in [2.05, 4.69) is 29.0 Å². The number of aromatic nitrogens is 1. The fourth-order valence-electron chi connectivity index (χ4n) is 3.98. The third-order valence-corrected chi connectivity index (χ3v) is 6.15. The Balaban J connectivity index is 1.39. The SMILES string of the molecule is CCN(CC)CCCN(C)c1nc2cc(NC(=O)c3ccc(-c4ccc(F)cc4)cc3)ccc2o1. The summed E-state index contributed by atoms with van der Waals surface area (Å²) in [5, 5.41) is 2.93. The number of nitrogens with one attached hydrogen (secondary N) is 1. The van der Waals surface area contributed by atoms with Crippen LogP contribution in [-0.2, 0) is 0 Å². The van der Waals surface area contributed by atoms with Gasteiger partial charge in [-0.3, -0.25) is 4.79 Å². The van der Waals surface area contributed by atoms with Crippen molar-refractivity contribution in [1.82, 2.24) is 9.88 Å². The predicted molar refractivity (Wildman–Crippen MR) is 139 cm³/mol. The maximum absolute atomic E-state index is 13.2. The van der Waals surface area contributed by atoms with Crippen molar-refractivity contribution in [3.05, 3.63) is 78.1 Å². The molecule has 0 fully saturated rings. The van der Waals surface area contributed by atoms with E-state index in [1.807, 2.05) is 42.3 Å². The number of oxazole rings is 1. The van der Waals surface area contributed by atoms with Crippen molar-refractivity contribution < 1.29 is 13.6 Å². The standard InChI is InChI=1S/C28H31FN4O2/c1-4-33(5-2)18-6-17-32(3)28-31-25-19-24(15-16-26(25)35-28)30-27(34)22-9-7-20(8-10-22)21-11-13-23(29)14-12-21/h7-16,19H,4-6,17-18H2,1-3H3,(H,30,34). The van der Waals surface area contributed by atoms with Gasteiger partial charge in [-0.1, -0.05) is 38.1 Å². The van der Waals surface area contributed by atoms with Crippen LogP contribution >= 0.6 is 0 Å². The molecule has 7 heteroatoms. The zero-order valence-corrected chi connectivity index (χ0v) is 20.4. The zero-order valence-electron chi connectivity index (χ0n) is 20.4. The molecular formula is C28H31FN4O2. The first-order valence-corrected chi connectivity index (χ1v) is 12.0. The molecule has 0 aliphatic heterocycles. The maximum Gasteiger partial charge on any atom is 0.298 e. The molecule has 0 unspecified atom stereocenters. The van der Waals surface area contributed by atoms with Crippen LogP contribution in [0, 0.1) is 5.82 Å². The predicted octanol–water partition coefficient (Wildman–Crippen LogP) is 6.05. The van der Waals surface area contributed by atoms with Crippen LogP contribution in [0.1, 0.15) is 30.6 Å². The van der Waals surface area contributed by atoms with Gasteiger partial charge >= 0.3 is 0 Å². The van der Waals surface area contributed by atoms with Crippen molar-refractivity contribution in [2.75, 3.05) is 43.4 Å². The summed E-state index contributed by atoms with van der Waals surface area (Å²) in [7, 11) is 1.98. The number of hydrogen-bond donors (Lipinski definition) is 1. The number of rotatable bonds is 10. The van der Waals surface area contributed by atoms with Gasteiger partial charge < -0.3 is 19.5 Å². The van der Waals surface area contributed by atoms with E-state index in [9.17, 15) is 9.18 Å². The first-order chi connectivity index (χ1) is 17.0. The molecule has 0 aliphatic rings. The molecule has 35 heavy (non-hydrogen) atoms. The number of hydrogen-bond acceptors (Lipinski definition) is 5. The summed E-state index contributed by atoms with van der Waals surface area (Å²) >= 11 is 0. The normalized spacial score (nSPS) is 11.2. The second kappa shape index (κ2) is 11.1. The Kier molecular flexibility index (Phi) is 7.77. The van der Waals surface area contributed by atoms with Crippen molar-refractivity contribution in [2.24, 2.45) is 0 Å². The first-order valence-electron chi connectivity index (χ1n) is 12.0. The number of amides is 1. The molecule has 0 radical (unpaired) electrons. The fourth-order valence-corrected chi connectivity index (χ4v) is 3.98. The molecular weight excluding hydrogens is 443 g/mol. The molecule has 4 aromatic rings. The number of carbonyl (C=O) groups excluding carboxylic acids is 1. The highest BCUT2D eigenvalue weighted by atomic mass is 19.1. The highest BCUT2D eigenvalue weighted by Gasteiger charge is 2.13. The lowest BCUT2D eigenvalue weighted by atomic mass is 10.0. The minimum atomic E-state index is -0.275. The number of carbonyl (C=O) groups is 1. The lowest BCUT2D eigenvalue weighted by molar-refractivity contribution is 0.102. The average molecular weight is 475 g/mol. The van der Waals surface area contributed by atoms with Crippen LogP contribution in [0.3, 0.4) is 0 Å². The van der Waals surface area contributed by atoms with Crippen LogP contribution < -0.4 is 10.2 Å². The topological polar surface area (TPSA) is 61.6 Å². The van der Waals surface area contributed by atoms with Crippen molar-refractivity contribution >= 4 is 28.7 Å². The molecule has 0 atom stereocenters. The molecule has 0 aliphatic carbocycles. The van der Waals surface area contributed by atoms with E-state index in [4.69, 9.17) is 4.42 Å². The largest absolute Gasteiger partial charge is 0.423 e. The van der Waals surface area contributed by atoms with Gasteiger partial charge in [-0.2, -0.15) is 4.98 Å². The summed E-state index contributed by atoms with van der Waals surface area (Å²) in [5.41, 5.74) is 4.36. The minimum absolute atomic E-state index is 0.216. The third-order valence-electron chi connectivity index (χ3n) is 6.15. The second-order valence-electron chi connectivity index (χ2n) is 8.52. The van der Waals surface area contributed by atoms with Crippen LogP contribution in [0.15, 0.2) is 71.1 Å². The van der Waals surface area contributed by atoms with Crippen LogP contribution in [0.2, 0.25) is 0 Å². The highest BCUT2D eigenvalue weighted by Crippen LogP contribution is 2.25. The fraction of sp³-hybridized carbons (Fsp3) is 0.286. The van der Waals surface area contributed by atoms with Gasteiger partial charge in [0.25, 0.3) is 11.9 Å². The molecule has 0 bridgehead atoms. The number of nitrogens with zero attached hydrogens (tertiary/aromatic N) is 3. The third kappa shape index (κ3) is 6.05. The summed E-state index contributed by atoms with van der Waals surface area (Å²) in [5.74, 6) is -0.491. The Hall–Kier alpha value is -3.71. The summed E-state index contributed by atoms with van der Waals surface area (Å²) in [6.07, 6.45) is 1.03. The van der Waals surface area contributed by atoms with Crippen molar-refractivity contribution in [3.8, 4) is 11.1 Å². The molecule has 3 aromatic carbocycles. The summed E-state index contributed by atoms with van der Waals surface area (Å²) < 4.78 is 19.1. The Bertz CT molecular complexity index is 1260. The number of anilines is 2. The van der Waals surface area contributed by atoms with Crippen LogP contribution in [-0.4, -0.2) is 49.0 Å². The van der Waals surface area contributed by atoms with E-state index in [0.29, 0.717) is 28.4 Å². The summed E-state index contributed by atoms with van der Waals surface area (Å²) in [6, 6.07) is 19.5. The van der Waals surface area contributed by atoms with Crippen molar-refractivity contribution in [2.45, 2.75) is 20.3 Å². The van der Waals surface area contributed by atoms with E-state index in [1.54, 1.807) is 24.3 Å². The average Bonchev–Trinajstić information content (AvgIpc) is 3.31.